The largest absolute Gasteiger partial charge is 0.497 e. The van der Waals surface area contributed by atoms with Crippen LogP contribution in [-0.4, -0.2) is 30.7 Å². The van der Waals surface area contributed by atoms with Crippen molar-refractivity contribution < 1.29 is 24.2 Å². The van der Waals surface area contributed by atoms with E-state index in [-0.39, 0.29) is 12.3 Å². The number of carbonyl (C=O) groups excluding carboxylic acids is 1. The van der Waals surface area contributed by atoms with Gasteiger partial charge in [-0.3, -0.25) is 4.79 Å². The number of amides is 1. The Balaban J connectivity index is 1.76. The number of hydrogen-bond donors (Lipinski definition) is 2. The topological polar surface area (TPSA) is 84.9 Å². The van der Waals surface area contributed by atoms with E-state index in [1.807, 2.05) is 0 Å². The molecule has 2 aromatic rings. The Kier molecular flexibility index (Phi) is 6.83. The van der Waals surface area contributed by atoms with Crippen LogP contribution >= 0.6 is 0 Å². The third-order valence-corrected chi connectivity index (χ3v) is 3.56. The minimum absolute atomic E-state index is 0.187. The van der Waals surface area contributed by atoms with Gasteiger partial charge in [-0.05, 0) is 36.2 Å². The number of methoxy groups -OCH3 is 1. The first-order valence-corrected chi connectivity index (χ1v) is 7.94. The molecular weight excluding hydrogens is 322 g/mol. The Bertz CT molecular complexity index is 685. The van der Waals surface area contributed by atoms with Crippen LogP contribution in [0, 0.1) is 0 Å². The van der Waals surface area contributed by atoms with Crippen molar-refractivity contribution >= 4 is 11.9 Å². The first kappa shape index (κ1) is 18.3. The summed E-state index contributed by atoms with van der Waals surface area (Å²) in [4.78, 5) is 23.3. The summed E-state index contributed by atoms with van der Waals surface area (Å²) in [7, 11) is 1.59. The lowest BCUT2D eigenvalue weighted by Gasteiger charge is -2.15. The molecule has 1 atom stereocenters. The molecule has 132 valence electrons. The van der Waals surface area contributed by atoms with E-state index < -0.39 is 12.0 Å². The Labute approximate surface area is 146 Å². The van der Waals surface area contributed by atoms with Crippen molar-refractivity contribution in [1.29, 1.82) is 0 Å². The van der Waals surface area contributed by atoms with Crippen LogP contribution in [0.4, 0.5) is 0 Å². The minimum atomic E-state index is -1.09. The van der Waals surface area contributed by atoms with Crippen LogP contribution in [0.3, 0.4) is 0 Å². The van der Waals surface area contributed by atoms with E-state index in [0.29, 0.717) is 24.3 Å². The summed E-state index contributed by atoms with van der Waals surface area (Å²) in [6.07, 6.45) is 0.672. The molecule has 0 radical (unpaired) electrons. The van der Waals surface area contributed by atoms with Gasteiger partial charge >= 0.3 is 5.97 Å². The summed E-state index contributed by atoms with van der Waals surface area (Å²) in [6.45, 7) is 0.364. The SMILES string of the molecule is COc1ccc(OCCCC(=O)NC(C(=O)O)c2ccccc2)cc1. The summed E-state index contributed by atoms with van der Waals surface area (Å²) in [6, 6.07) is 14.7. The maximum Gasteiger partial charge on any atom is 0.330 e. The molecule has 0 aliphatic rings. The molecule has 6 nitrogen and oxygen atoms in total. The maximum absolute atomic E-state index is 12.0. The molecule has 0 saturated heterocycles. The van der Waals surface area contributed by atoms with Crippen molar-refractivity contribution in [2.45, 2.75) is 18.9 Å². The van der Waals surface area contributed by atoms with Gasteiger partial charge < -0.3 is 19.9 Å². The van der Waals surface area contributed by atoms with Gasteiger partial charge in [0.1, 0.15) is 11.5 Å². The van der Waals surface area contributed by atoms with Gasteiger partial charge in [0.05, 0.1) is 13.7 Å². The van der Waals surface area contributed by atoms with Gasteiger partial charge in [0, 0.05) is 6.42 Å². The second kappa shape index (κ2) is 9.32. The number of aliphatic carboxylic acids is 1. The molecule has 0 spiro atoms. The van der Waals surface area contributed by atoms with Crippen LogP contribution in [-0.2, 0) is 9.59 Å². The third kappa shape index (κ3) is 5.84. The Hall–Kier alpha value is -3.02. The third-order valence-electron chi connectivity index (χ3n) is 3.56. The quantitative estimate of drug-likeness (QED) is 0.684. The van der Waals surface area contributed by atoms with Crippen molar-refractivity contribution in [2.75, 3.05) is 13.7 Å². The maximum atomic E-state index is 12.0. The molecule has 0 fully saturated rings. The van der Waals surface area contributed by atoms with E-state index in [0.717, 1.165) is 5.75 Å². The van der Waals surface area contributed by atoms with E-state index in [4.69, 9.17) is 9.47 Å². The number of carbonyl (C=O) groups is 2. The van der Waals surface area contributed by atoms with Crippen molar-refractivity contribution in [3.05, 3.63) is 60.2 Å². The van der Waals surface area contributed by atoms with Gasteiger partial charge in [0.25, 0.3) is 0 Å². The van der Waals surface area contributed by atoms with E-state index >= 15 is 0 Å². The molecule has 1 amide bonds. The fourth-order valence-electron chi connectivity index (χ4n) is 2.26. The zero-order valence-electron chi connectivity index (χ0n) is 14.0. The number of carboxylic acid groups (broad SMARTS) is 1. The summed E-state index contributed by atoms with van der Waals surface area (Å²) < 4.78 is 10.6. The molecule has 0 aromatic heterocycles. The van der Waals surface area contributed by atoms with Gasteiger partial charge in [0.2, 0.25) is 5.91 Å². The van der Waals surface area contributed by atoms with Crippen LogP contribution in [0.25, 0.3) is 0 Å². The minimum Gasteiger partial charge on any atom is -0.497 e. The average Bonchev–Trinajstić information content (AvgIpc) is 2.64. The van der Waals surface area contributed by atoms with E-state index in [9.17, 15) is 14.7 Å². The van der Waals surface area contributed by atoms with Crippen molar-refractivity contribution in [1.82, 2.24) is 5.32 Å². The average molecular weight is 343 g/mol. The second-order valence-electron chi connectivity index (χ2n) is 5.38. The number of carboxylic acids is 1. The molecule has 0 aliphatic carbocycles. The summed E-state index contributed by atoms with van der Waals surface area (Å²) in [5.41, 5.74) is 0.540. The van der Waals surface area contributed by atoms with Crippen LogP contribution < -0.4 is 14.8 Å². The summed E-state index contributed by atoms with van der Waals surface area (Å²) in [5.74, 6) is 0.0184. The molecule has 6 heteroatoms. The van der Waals surface area contributed by atoms with E-state index in [1.165, 1.54) is 0 Å². The molecule has 0 aliphatic heterocycles. The zero-order chi connectivity index (χ0) is 18.1. The van der Waals surface area contributed by atoms with Crippen molar-refractivity contribution in [3.63, 3.8) is 0 Å². The highest BCUT2D eigenvalue weighted by atomic mass is 16.5. The fourth-order valence-corrected chi connectivity index (χ4v) is 2.26. The predicted octanol–water partition coefficient (Wildman–Crippen LogP) is 2.80. The smallest absolute Gasteiger partial charge is 0.330 e. The lowest BCUT2D eigenvalue weighted by atomic mass is 10.1. The van der Waals surface area contributed by atoms with Gasteiger partial charge in [-0.1, -0.05) is 30.3 Å². The van der Waals surface area contributed by atoms with Gasteiger partial charge in [-0.15, -0.1) is 0 Å². The normalized spacial score (nSPS) is 11.4. The highest BCUT2D eigenvalue weighted by Gasteiger charge is 2.21. The van der Waals surface area contributed by atoms with E-state index in [1.54, 1.807) is 61.7 Å². The molecule has 2 rings (SSSR count). The number of hydrogen-bond acceptors (Lipinski definition) is 4. The first-order chi connectivity index (χ1) is 12.1. The molecule has 1 unspecified atom stereocenters. The van der Waals surface area contributed by atoms with Crippen molar-refractivity contribution in [3.8, 4) is 11.5 Å². The van der Waals surface area contributed by atoms with Crippen LogP contribution in [0.5, 0.6) is 11.5 Å². The Morgan fingerprint density at radius 3 is 2.28 bits per heavy atom. The lowest BCUT2D eigenvalue weighted by molar-refractivity contribution is -0.142. The van der Waals surface area contributed by atoms with Crippen LogP contribution in [0.2, 0.25) is 0 Å². The number of nitrogens with one attached hydrogen (secondary N) is 1. The fraction of sp³-hybridized carbons (Fsp3) is 0.263. The van der Waals surface area contributed by atoms with Gasteiger partial charge in [-0.25, -0.2) is 4.79 Å². The monoisotopic (exact) mass is 343 g/mol. The van der Waals surface area contributed by atoms with Gasteiger partial charge in [0.15, 0.2) is 6.04 Å². The lowest BCUT2D eigenvalue weighted by Crippen LogP contribution is -2.33. The van der Waals surface area contributed by atoms with Gasteiger partial charge in [-0.2, -0.15) is 0 Å². The van der Waals surface area contributed by atoms with Crippen molar-refractivity contribution in [2.24, 2.45) is 0 Å². The van der Waals surface area contributed by atoms with Crippen LogP contribution in [0.15, 0.2) is 54.6 Å². The number of rotatable bonds is 9. The summed E-state index contributed by atoms with van der Waals surface area (Å²) in [5, 5.41) is 11.8. The number of ether oxygens (including phenoxy) is 2. The Morgan fingerprint density at radius 2 is 1.68 bits per heavy atom. The number of benzene rings is 2. The highest BCUT2D eigenvalue weighted by Crippen LogP contribution is 2.17. The molecule has 0 saturated carbocycles. The second-order valence-corrected chi connectivity index (χ2v) is 5.38. The highest BCUT2D eigenvalue weighted by molar-refractivity contribution is 5.84. The predicted molar refractivity (Wildman–Crippen MR) is 92.7 cm³/mol. The first-order valence-electron chi connectivity index (χ1n) is 7.94. The molecule has 2 aromatic carbocycles. The molecule has 2 N–H and O–H groups in total. The van der Waals surface area contributed by atoms with Crippen LogP contribution in [0.1, 0.15) is 24.4 Å². The standard InChI is InChI=1S/C19H21NO5/c1-24-15-9-11-16(12-10-15)25-13-5-8-17(21)20-18(19(22)23)14-6-3-2-4-7-14/h2-4,6-7,9-12,18H,5,8,13H2,1H3,(H,20,21)(H,22,23). The molecule has 0 bridgehead atoms. The Morgan fingerprint density at radius 1 is 1.04 bits per heavy atom. The summed E-state index contributed by atoms with van der Waals surface area (Å²) >= 11 is 0. The zero-order valence-corrected chi connectivity index (χ0v) is 14.0. The molecular formula is C19H21NO5. The van der Waals surface area contributed by atoms with E-state index in [2.05, 4.69) is 5.32 Å². The molecule has 25 heavy (non-hydrogen) atoms. The molecule has 0 heterocycles.